The van der Waals surface area contributed by atoms with E-state index in [1.165, 1.54) is 0 Å². The fourth-order valence-electron chi connectivity index (χ4n) is 2.29. The molecule has 0 fully saturated rings. The first-order valence-corrected chi connectivity index (χ1v) is 8.27. The molecule has 0 atom stereocenters. The third-order valence-electron chi connectivity index (χ3n) is 3.29. The molecular weight excluding hydrogens is 344 g/mol. The van der Waals surface area contributed by atoms with Gasteiger partial charge < -0.3 is 0 Å². The number of thiophene rings is 1. The van der Waals surface area contributed by atoms with E-state index in [-0.39, 0.29) is 5.78 Å². The molecule has 3 aromatic rings. The number of benzene rings is 2. The molecule has 0 aliphatic heterocycles. The van der Waals surface area contributed by atoms with Gasteiger partial charge in [0.05, 0.1) is 0 Å². The molecule has 0 unspecified atom stereocenters. The average molecular weight is 357 g/mol. The number of hydrogen-bond acceptors (Lipinski definition) is 2. The van der Waals surface area contributed by atoms with Crippen molar-refractivity contribution in [1.82, 2.24) is 0 Å². The molecule has 0 amide bonds. The largest absolute Gasteiger partial charge is 0.289 e. The highest BCUT2D eigenvalue weighted by atomic mass is 79.9. The van der Waals surface area contributed by atoms with Crippen molar-refractivity contribution in [3.05, 3.63) is 81.1 Å². The summed E-state index contributed by atoms with van der Waals surface area (Å²) in [7, 11) is 0. The summed E-state index contributed by atoms with van der Waals surface area (Å²) in [6.45, 7) is 2.00. The van der Waals surface area contributed by atoms with Crippen molar-refractivity contribution >= 4 is 33.0 Å². The van der Waals surface area contributed by atoms with Crippen LogP contribution in [-0.4, -0.2) is 5.78 Å². The van der Waals surface area contributed by atoms with Gasteiger partial charge in [0, 0.05) is 26.0 Å². The van der Waals surface area contributed by atoms with Crippen LogP contribution in [0.4, 0.5) is 0 Å². The van der Waals surface area contributed by atoms with Gasteiger partial charge in [-0.15, -0.1) is 11.3 Å². The van der Waals surface area contributed by atoms with Crippen LogP contribution in [0.3, 0.4) is 0 Å². The molecule has 3 heteroatoms. The monoisotopic (exact) mass is 356 g/mol. The summed E-state index contributed by atoms with van der Waals surface area (Å²) in [6.07, 6.45) is 0. The van der Waals surface area contributed by atoms with Gasteiger partial charge in [-0.2, -0.15) is 0 Å². The standard InChI is InChI=1S/C18H13BrOS/c1-12-4-2-5-13(10-12)18(20)15-8-7-14(19)11-16(15)17-6-3-9-21-17/h2-11H,1H3. The van der Waals surface area contributed by atoms with Crippen LogP contribution in [0.5, 0.6) is 0 Å². The van der Waals surface area contributed by atoms with E-state index in [2.05, 4.69) is 15.9 Å². The number of aryl methyl sites for hydroxylation is 1. The maximum absolute atomic E-state index is 12.8. The number of rotatable bonds is 3. The van der Waals surface area contributed by atoms with Crippen LogP contribution in [0.2, 0.25) is 0 Å². The fourth-order valence-corrected chi connectivity index (χ4v) is 3.41. The van der Waals surface area contributed by atoms with Crippen LogP contribution >= 0.6 is 27.3 Å². The third-order valence-corrected chi connectivity index (χ3v) is 4.69. The Bertz CT molecular complexity index is 791. The molecule has 1 nitrogen and oxygen atoms in total. The molecule has 0 aliphatic rings. The first-order chi connectivity index (χ1) is 10.1. The highest BCUT2D eigenvalue weighted by Crippen LogP contribution is 2.32. The second-order valence-electron chi connectivity index (χ2n) is 4.87. The molecule has 21 heavy (non-hydrogen) atoms. The maximum Gasteiger partial charge on any atom is 0.193 e. The number of hydrogen-bond donors (Lipinski definition) is 0. The summed E-state index contributed by atoms with van der Waals surface area (Å²) in [6, 6.07) is 17.6. The van der Waals surface area contributed by atoms with Crippen LogP contribution in [0.25, 0.3) is 10.4 Å². The van der Waals surface area contributed by atoms with Gasteiger partial charge in [0.15, 0.2) is 5.78 Å². The molecule has 104 valence electrons. The molecule has 2 aromatic carbocycles. The average Bonchev–Trinajstić information content (AvgIpc) is 3.00. The van der Waals surface area contributed by atoms with Crippen LogP contribution in [0.1, 0.15) is 21.5 Å². The topological polar surface area (TPSA) is 17.1 Å². The molecule has 0 saturated carbocycles. The fraction of sp³-hybridized carbons (Fsp3) is 0.0556. The zero-order valence-corrected chi connectivity index (χ0v) is 13.9. The van der Waals surface area contributed by atoms with E-state index < -0.39 is 0 Å². The Kier molecular flexibility index (Phi) is 4.04. The summed E-state index contributed by atoms with van der Waals surface area (Å²) in [5, 5.41) is 2.02. The van der Waals surface area contributed by atoms with Crippen molar-refractivity contribution in [2.75, 3.05) is 0 Å². The lowest BCUT2D eigenvalue weighted by molar-refractivity contribution is 0.103. The number of carbonyl (C=O) groups excluding carboxylic acids is 1. The van der Waals surface area contributed by atoms with Gasteiger partial charge in [0.25, 0.3) is 0 Å². The van der Waals surface area contributed by atoms with Gasteiger partial charge in [-0.25, -0.2) is 0 Å². The summed E-state index contributed by atoms with van der Waals surface area (Å²) in [5.41, 5.74) is 3.54. The molecular formula is C18H13BrOS. The van der Waals surface area contributed by atoms with Crippen LogP contribution < -0.4 is 0 Å². The van der Waals surface area contributed by atoms with Crippen molar-refractivity contribution in [3.8, 4) is 10.4 Å². The highest BCUT2D eigenvalue weighted by Gasteiger charge is 2.15. The Labute approximate surface area is 136 Å². The van der Waals surface area contributed by atoms with E-state index in [1.807, 2.05) is 66.9 Å². The Morgan fingerprint density at radius 2 is 1.90 bits per heavy atom. The zero-order chi connectivity index (χ0) is 14.8. The molecule has 1 aromatic heterocycles. The summed E-state index contributed by atoms with van der Waals surface area (Å²) >= 11 is 5.13. The Hall–Kier alpha value is -1.71. The van der Waals surface area contributed by atoms with E-state index >= 15 is 0 Å². The quantitative estimate of drug-likeness (QED) is 0.548. The SMILES string of the molecule is Cc1cccc(C(=O)c2ccc(Br)cc2-c2cccs2)c1. The Balaban J connectivity index is 2.12. The molecule has 0 aliphatic carbocycles. The first kappa shape index (κ1) is 14.2. The molecule has 0 spiro atoms. The van der Waals surface area contributed by atoms with Crippen molar-refractivity contribution in [1.29, 1.82) is 0 Å². The Morgan fingerprint density at radius 1 is 1.05 bits per heavy atom. The normalized spacial score (nSPS) is 10.6. The molecule has 0 N–H and O–H groups in total. The van der Waals surface area contributed by atoms with Gasteiger partial charge in [-0.1, -0.05) is 45.8 Å². The van der Waals surface area contributed by atoms with Crippen molar-refractivity contribution in [2.45, 2.75) is 6.92 Å². The first-order valence-electron chi connectivity index (χ1n) is 6.60. The van der Waals surface area contributed by atoms with Crippen LogP contribution in [0, 0.1) is 6.92 Å². The second kappa shape index (κ2) is 5.96. The van der Waals surface area contributed by atoms with E-state index in [4.69, 9.17) is 0 Å². The third kappa shape index (κ3) is 2.99. The molecule has 1 heterocycles. The number of ketones is 1. The van der Waals surface area contributed by atoms with Crippen molar-refractivity contribution in [2.24, 2.45) is 0 Å². The zero-order valence-electron chi connectivity index (χ0n) is 11.5. The minimum atomic E-state index is 0.0644. The van der Waals surface area contributed by atoms with Gasteiger partial charge >= 0.3 is 0 Å². The van der Waals surface area contributed by atoms with E-state index in [9.17, 15) is 4.79 Å². The number of halogens is 1. The maximum atomic E-state index is 12.8. The van der Waals surface area contributed by atoms with Crippen molar-refractivity contribution < 1.29 is 4.79 Å². The van der Waals surface area contributed by atoms with Gasteiger partial charge in [0.1, 0.15) is 0 Å². The second-order valence-corrected chi connectivity index (χ2v) is 6.73. The molecule has 0 radical (unpaired) electrons. The van der Waals surface area contributed by atoms with Gasteiger partial charge in [0.2, 0.25) is 0 Å². The van der Waals surface area contributed by atoms with Crippen LogP contribution in [0.15, 0.2) is 64.5 Å². The lowest BCUT2D eigenvalue weighted by Crippen LogP contribution is -2.03. The molecule has 0 bridgehead atoms. The lowest BCUT2D eigenvalue weighted by Gasteiger charge is -2.09. The predicted molar refractivity (Wildman–Crippen MR) is 92.1 cm³/mol. The van der Waals surface area contributed by atoms with Crippen LogP contribution in [-0.2, 0) is 0 Å². The summed E-state index contributed by atoms with van der Waals surface area (Å²) in [5.74, 6) is 0.0644. The van der Waals surface area contributed by atoms with E-state index in [0.717, 1.165) is 31.6 Å². The van der Waals surface area contributed by atoms with E-state index in [0.29, 0.717) is 0 Å². The lowest BCUT2D eigenvalue weighted by atomic mass is 9.97. The van der Waals surface area contributed by atoms with Gasteiger partial charge in [-0.3, -0.25) is 4.79 Å². The summed E-state index contributed by atoms with van der Waals surface area (Å²) < 4.78 is 0.978. The molecule has 3 rings (SSSR count). The van der Waals surface area contributed by atoms with Crippen molar-refractivity contribution in [3.63, 3.8) is 0 Å². The van der Waals surface area contributed by atoms with E-state index in [1.54, 1.807) is 11.3 Å². The summed E-state index contributed by atoms with van der Waals surface area (Å²) in [4.78, 5) is 13.9. The predicted octanol–water partition coefficient (Wildman–Crippen LogP) is 5.72. The minimum absolute atomic E-state index is 0.0644. The highest BCUT2D eigenvalue weighted by molar-refractivity contribution is 9.10. The Morgan fingerprint density at radius 3 is 2.62 bits per heavy atom. The minimum Gasteiger partial charge on any atom is -0.289 e. The molecule has 0 saturated heterocycles. The number of carbonyl (C=O) groups is 1. The van der Waals surface area contributed by atoms with Gasteiger partial charge in [-0.05, 0) is 42.6 Å². The smallest absolute Gasteiger partial charge is 0.193 e.